The van der Waals surface area contributed by atoms with Crippen LogP contribution in [-0.4, -0.2) is 36.0 Å². The topological polar surface area (TPSA) is 55.8 Å². The van der Waals surface area contributed by atoms with Gasteiger partial charge in [-0.2, -0.15) is 13.5 Å². The summed E-state index contributed by atoms with van der Waals surface area (Å²) in [5, 5.41) is 0.561. The van der Waals surface area contributed by atoms with Crippen LogP contribution < -0.4 is 9.47 Å². The smallest absolute Gasteiger partial charge is 0.261 e. The molecule has 2 aromatic carbocycles. The van der Waals surface area contributed by atoms with Gasteiger partial charge in [0.25, 0.3) is 11.8 Å². The van der Waals surface area contributed by atoms with Crippen LogP contribution in [0, 0.1) is 0 Å². The van der Waals surface area contributed by atoms with Crippen LogP contribution in [0.5, 0.6) is 11.5 Å². The van der Waals surface area contributed by atoms with Gasteiger partial charge in [0.05, 0.1) is 17.7 Å². The molecule has 124 valence electrons. The van der Waals surface area contributed by atoms with Crippen molar-refractivity contribution in [2.45, 2.75) is 6.10 Å². The SMILES string of the molecule is O=C1c2ccccc2C(=O)N1C[C@H]1COc2cc(Cl)ccc2O1.S. The number of carbonyl (C=O) groups excluding carboxylic acids is 2. The van der Waals surface area contributed by atoms with Crippen LogP contribution in [0.25, 0.3) is 0 Å². The Morgan fingerprint density at radius 2 is 1.71 bits per heavy atom. The quantitative estimate of drug-likeness (QED) is 0.770. The molecule has 2 aliphatic rings. The Kier molecular flexibility index (Phi) is 4.43. The van der Waals surface area contributed by atoms with Crippen LogP contribution in [0.2, 0.25) is 5.02 Å². The zero-order chi connectivity index (χ0) is 16.0. The van der Waals surface area contributed by atoms with Crippen molar-refractivity contribution in [2.75, 3.05) is 13.2 Å². The monoisotopic (exact) mass is 363 g/mol. The molecule has 0 saturated carbocycles. The Hall–Kier alpha value is -2.18. The largest absolute Gasteiger partial charge is 0.486 e. The maximum atomic E-state index is 12.4. The fraction of sp³-hybridized carbons (Fsp3) is 0.176. The van der Waals surface area contributed by atoms with Gasteiger partial charge in [-0.05, 0) is 24.3 Å². The van der Waals surface area contributed by atoms with Gasteiger partial charge in [-0.25, -0.2) is 0 Å². The molecule has 0 spiro atoms. The van der Waals surface area contributed by atoms with Gasteiger partial charge in [-0.3, -0.25) is 14.5 Å². The predicted octanol–water partition coefficient (Wildman–Crippen LogP) is 2.89. The third-order valence-electron chi connectivity index (χ3n) is 3.89. The highest BCUT2D eigenvalue weighted by Crippen LogP contribution is 2.34. The van der Waals surface area contributed by atoms with E-state index >= 15 is 0 Å². The first kappa shape index (κ1) is 16.7. The van der Waals surface area contributed by atoms with E-state index in [-0.39, 0.29) is 38.5 Å². The van der Waals surface area contributed by atoms with Crippen LogP contribution in [0.4, 0.5) is 0 Å². The number of nitrogens with zero attached hydrogens (tertiary/aromatic N) is 1. The second-order valence-electron chi connectivity index (χ2n) is 5.41. The Morgan fingerprint density at radius 1 is 1.04 bits per heavy atom. The summed E-state index contributed by atoms with van der Waals surface area (Å²) >= 11 is 5.91. The van der Waals surface area contributed by atoms with Gasteiger partial charge in [-0.1, -0.05) is 23.7 Å². The second kappa shape index (κ2) is 6.37. The van der Waals surface area contributed by atoms with Gasteiger partial charge >= 0.3 is 0 Å². The van der Waals surface area contributed by atoms with Crippen molar-refractivity contribution in [1.29, 1.82) is 0 Å². The minimum Gasteiger partial charge on any atom is -0.486 e. The molecule has 4 rings (SSSR count). The van der Waals surface area contributed by atoms with Crippen molar-refractivity contribution in [2.24, 2.45) is 0 Å². The molecule has 2 aliphatic heterocycles. The minimum absolute atomic E-state index is 0. The average Bonchev–Trinajstić information content (AvgIpc) is 2.80. The van der Waals surface area contributed by atoms with E-state index in [0.717, 1.165) is 0 Å². The minimum atomic E-state index is -0.411. The standard InChI is InChI=1S/C17H12ClNO4.H2S/c18-10-5-6-14-15(7-10)22-9-11(23-14)8-19-16(20)12-3-1-2-4-13(12)17(19)21;/h1-7,11H,8-9H2;1H2/t11-;/m0./s1. The summed E-state index contributed by atoms with van der Waals surface area (Å²) in [6, 6.07) is 11.9. The van der Waals surface area contributed by atoms with Crippen molar-refractivity contribution >= 4 is 36.9 Å². The fourth-order valence-electron chi connectivity index (χ4n) is 2.79. The number of hydrogen-bond acceptors (Lipinski definition) is 4. The molecule has 1 atom stereocenters. The number of amides is 2. The summed E-state index contributed by atoms with van der Waals surface area (Å²) < 4.78 is 11.4. The van der Waals surface area contributed by atoms with Crippen molar-refractivity contribution in [3.8, 4) is 11.5 Å². The lowest BCUT2D eigenvalue weighted by molar-refractivity contribution is 0.0430. The number of halogens is 1. The maximum absolute atomic E-state index is 12.4. The molecule has 2 amide bonds. The number of fused-ring (bicyclic) bond motifs is 2. The summed E-state index contributed by atoms with van der Waals surface area (Å²) in [4.78, 5) is 25.9. The molecular weight excluding hydrogens is 350 g/mol. The lowest BCUT2D eigenvalue weighted by atomic mass is 10.1. The van der Waals surface area contributed by atoms with Crippen molar-refractivity contribution in [3.05, 3.63) is 58.6 Å². The van der Waals surface area contributed by atoms with Crippen LogP contribution in [0.3, 0.4) is 0 Å². The molecule has 0 fully saturated rings. The van der Waals surface area contributed by atoms with Gasteiger partial charge in [0.15, 0.2) is 17.6 Å². The fourth-order valence-corrected chi connectivity index (χ4v) is 2.95. The third-order valence-corrected chi connectivity index (χ3v) is 4.12. The summed E-state index contributed by atoms with van der Waals surface area (Å²) in [6.07, 6.45) is -0.411. The number of carbonyl (C=O) groups is 2. The van der Waals surface area contributed by atoms with Crippen LogP contribution in [0.15, 0.2) is 42.5 Å². The van der Waals surface area contributed by atoms with E-state index in [2.05, 4.69) is 0 Å². The lowest BCUT2D eigenvalue weighted by Crippen LogP contribution is -2.43. The predicted molar refractivity (Wildman–Crippen MR) is 93.6 cm³/mol. The third kappa shape index (κ3) is 2.72. The zero-order valence-corrected chi connectivity index (χ0v) is 14.2. The highest BCUT2D eigenvalue weighted by atomic mass is 35.5. The first-order chi connectivity index (χ1) is 11.1. The van der Waals surface area contributed by atoms with Crippen molar-refractivity contribution in [3.63, 3.8) is 0 Å². The molecule has 0 bridgehead atoms. The molecule has 24 heavy (non-hydrogen) atoms. The number of hydrogen-bond donors (Lipinski definition) is 0. The van der Waals surface area contributed by atoms with Crippen LogP contribution >= 0.6 is 25.1 Å². The molecule has 0 aromatic heterocycles. The maximum Gasteiger partial charge on any atom is 0.261 e. The number of benzene rings is 2. The van der Waals surface area contributed by atoms with E-state index < -0.39 is 6.10 Å². The van der Waals surface area contributed by atoms with Gasteiger partial charge in [0, 0.05) is 11.1 Å². The van der Waals surface area contributed by atoms with Gasteiger partial charge in [-0.15, -0.1) is 0 Å². The van der Waals surface area contributed by atoms with Gasteiger partial charge in [0.1, 0.15) is 6.61 Å². The molecule has 2 aromatic rings. The molecule has 5 nitrogen and oxygen atoms in total. The number of ether oxygens (including phenoxy) is 2. The van der Waals surface area contributed by atoms with E-state index in [1.165, 1.54) is 4.90 Å². The van der Waals surface area contributed by atoms with Crippen molar-refractivity contribution in [1.82, 2.24) is 4.90 Å². The molecule has 0 radical (unpaired) electrons. The Balaban J connectivity index is 0.00000169. The summed E-state index contributed by atoms with van der Waals surface area (Å²) in [6.45, 7) is 0.398. The average molecular weight is 364 g/mol. The van der Waals surface area contributed by atoms with Crippen LogP contribution in [0.1, 0.15) is 20.7 Å². The molecule has 0 aliphatic carbocycles. The second-order valence-corrected chi connectivity index (χ2v) is 5.84. The first-order valence-corrected chi connectivity index (χ1v) is 7.55. The summed E-state index contributed by atoms with van der Waals surface area (Å²) in [5.74, 6) is 0.533. The Bertz CT molecular complexity index is 791. The van der Waals surface area contributed by atoms with E-state index in [1.54, 1.807) is 42.5 Å². The molecule has 0 saturated heterocycles. The lowest BCUT2D eigenvalue weighted by Gasteiger charge is -2.28. The van der Waals surface area contributed by atoms with Crippen LogP contribution in [-0.2, 0) is 0 Å². The zero-order valence-electron chi connectivity index (χ0n) is 12.5. The number of rotatable bonds is 2. The van der Waals surface area contributed by atoms with E-state index in [9.17, 15) is 9.59 Å². The Morgan fingerprint density at radius 3 is 2.38 bits per heavy atom. The normalized spacial score (nSPS) is 18.2. The van der Waals surface area contributed by atoms with Crippen molar-refractivity contribution < 1.29 is 19.1 Å². The molecule has 0 N–H and O–H groups in total. The van der Waals surface area contributed by atoms with Gasteiger partial charge < -0.3 is 9.47 Å². The molecule has 7 heteroatoms. The highest BCUT2D eigenvalue weighted by molar-refractivity contribution is 7.59. The highest BCUT2D eigenvalue weighted by Gasteiger charge is 2.37. The Labute approximate surface area is 150 Å². The first-order valence-electron chi connectivity index (χ1n) is 7.18. The summed E-state index contributed by atoms with van der Waals surface area (Å²) in [5.41, 5.74) is 0.864. The van der Waals surface area contributed by atoms with Gasteiger partial charge in [0.2, 0.25) is 0 Å². The number of imide groups is 1. The molecule has 0 unspecified atom stereocenters. The molecular formula is C17H14ClNO4S. The summed E-state index contributed by atoms with van der Waals surface area (Å²) in [7, 11) is 0. The van der Waals surface area contributed by atoms with E-state index in [4.69, 9.17) is 21.1 Å². The molecule has 2 heterocycles. The van der Waals surface area contributed by atoms with E-state index in [0.29, 0.717) is 27.6 Å². The van der Waals surface area contributed by atoms with E-state index in [1.807, 2.05) is 0 Å².